The zero-order valence-electron chi connectivity index (χ0n) is 9.29. The smallest absolute Gasteiger partial charge is 0.0260 e. The predicted octanol–water partition coefficient (Wildman–Crippen LogP) is 4.45. The maximum Gasteiger partial charge on any atom is -0.0260 e. The number of unbranched alkanes of at least 4 members (excludes halogenated alkanes) is 1. The van der Waals surface area contributed by atoms with Crippen LogP contribution in [-0.2, 0) is 6.42 Å². The maximum absolute atomic E-state index is 2.24. The van der Waals surface area contributed by atoms with Gasteiger partial charge < -0.3 is 0 Å². The van der Waals surface area contributed by atoms with Crippen molar-refractivity contribution >= 4 is 6.08 Å². The summed E-state index contributed by atoms with van der Waals surface area (Å²) in [5.41, 5.74) is 2.77. The second-order valence-corrected chi connectivity index (χ2v) is 3.66. The quantitative estimate of drug-likeness (QED) is 0.640. The van der Waals surface area contributed by atoms with Gasteiger partial charge in [-0.2, -0.15) is 0 Å². The minimum atomic E-state index is 1.11. The Morgan fingerprint density at radius 1 is 1.07 bits per heavy atom. The summed E-state index contributed by atoms with van der Waals surface area (Å²) in [7, 11) is 0. The van der Waals surface area contributed by atoms with Crippen LogP contribution in [0.1, 0.15) is 44.2 Å². The molecule has 0 saturated carbocycles. The zero-order chi connectivity index (χ0) is 10.2. The fourth-order valence-corrected chi connectivity index (χ4v) is 1.43. The van der Waals surface area contributed by atoms with Crippen molar-refractivity contribution in [3.05, 3.63) is 41.5 Å². The Balaban J connectivity index is 2.54. The first-order valence-corrected chi connectivity index (χ1v) is 5.62. The van der Waals surface area contributed by atoms with E-state index in [9.17, 15) is 0 Å². The Kier molecular flexibility index (Phi) is 5.06. The van der Waals surface area contributed by atoms with Crippen LogP contribution in [0.4, 0.5) is 0 Å². The van der Waals surface area contributed by atoms with Crippen molar-refractivity contribution in [2.24, 2.45) is 0 Å². The van der Waals surface area contributed by atoms with Gasteiger partial charge in [0.15, 0.2) is 0 Å². The fraction of sp³-hybridized carbons (Fsp3) is 0.429. The molecule has 0 aliphatic carbocycles. The van der Waals surface area contributed by atoms with E-state index in [1.807, 2.05) is 0 Å². The van der Waals surface area contributed by atoms with Gasteiger partial charge in [-0.3, -0.25) is 0 Å². The van der Waals surface area contributed by atoms with Gasteiger partial charge >= 0.3 is 0 Å². The molecule has 14 heavy (non-hydrogen) atoms. The monoisotopic (exact) mass is 188 g/mol. The molecule has 0 amide bonds. The molecular weight excluding hydrogens is 168 g/mol. The van der Waals surface area contributed by atoms with Gasteiger partial charge in [0, 0.05) is 0 Å². The van der Waals surface area contributed by atoms with Crippen LogP contribution in [0.5, 0.6) is 0 Å². The molecule has 0 nitrogen and oxygen atoms in total. The molecule has 0 aromatic heterocycles. The minimum absolute atomic E-state index is 1.11. The van der Waals surface area contributed by atoms with Crippen molar-refractivity contribution in [1.82, 2.24) is 0 Å². The van der Waals surface area contributed by atoms with Crippen LogP contribution in [0.3, 0.4) is 0 Å². The summed E-state index contributed by atoms with van der Waals surface area (Å²) in [6.45, 7) is 4.39. The Morgan fingerprint density at radius 2 is 1.79 bits per heavy atom. The molecule has 0 aliphatic heterocycles. The van der Waals surface area contributed by atoms with E-state index in [4.69, 9.17) is 0 Å². The van der Waals surface area contributed by atoms with E-state index in [0.717, 1.165) is 6.42 Å². The summed E-state index contributed by atoms with van der Waals surface area (Å²) < 4.78 is 0. The number of aryl methyl sites for hydroxylation is 1. The lowest BCUT2D eigenvalue weighted by molar-refractivity contribution is 0.795. The molecule has 0 unspecified atom stereocenters. The lowest BCUT2D eigenvalue weighted by atomic mass is 10.1. The minimum Gasteiger partial charge on any atom is -0.0842 e. The molecule has 0 heterocycles. The van der Waals surface area contributed by atoms with E-state index < -0.39 is 0 Å². The largest absolute Gasteiger partial charge is 0.0842 e. The van der Waals surface area contributed by atoms with Crippen LogP contribution in [0.15, 0.2) is 30.3 Å². The molecular formula is C14H20. The normalized spacial score (nSPS) is 11.0. The van der Waals surface area contributed by atoms with Gasteiger partial charge in [0.1, 0.15) is 0 Å². The first-order chi connectivity index (χ1) is 6.86. The summed E-state index contributed by atoms with van der Waals surface area (Å²) >= 11 is 0. The maximum atomic E-state index is 2.24. The van der Waals surface area contributed by atoms with Crippen LogP contribution in [-0.4, -0.2) is 0 Å². The lowest BCUT2D eigenvalue weighted by Crippen LogP contribution is -1.83. The van der Waals surface area contributed by atoms with E-state index in [1.165, 1.54) is 30.4 Å². The molecule has 0 N–H and O–H groups in total. The van der Waals surface area contributed by atoms with Crippen molar-refractivity contribution in [3.8, 4) is 0 Å². The number of hydrogen-bond acceptors (Lipinski definition) is 0. The van der Waals surface area contributed by atoms with Gasteiger partial charge in [0.25, 0.3) is 0 Å². The average molecular weight is 188 g/mol. The average Bonchev–Trinajstić information content (AvgIpc) is 2.25. The second kappa shape index (κ2) is 6.42. The Labute approximate surface area is 87.7 Å². The topological polar surface area (TPSA) is 0 Å². The van der Waals surface area contributed by atoms with Crippen molar-refractivity contribution in [1.29, 1.82) is 0 Å². The van der Waals surface area contributed by atoms with Crippen LogP contribution >= 0.6 is 0 Å². The molecule has 0 saturated heterocycles. The molecule has 0 aliphatic rings. The van der Waals surface area contributed by atoms with Crippen LogP contribution in [0.25, 0.3) is 6.08 Å². The standard InChI is InChI=1S/C14H20/c1-3-5-7-13-9-11-14(12-10-13)8-6-4-2/h5,7,9-12H,3-4,6,8H2,1-2H3/b7-5+. The SMILES string of the molecule is CC/C=C/c1ccc(CCCC)cc1. The van der Waals surface area contributed by atoms with E-state index >= 15 is 0 Å². The van der Waals surface area contributed by atoms with Gasteiger partial charge in [0.05, 0.1) is 0 Å². The van der Waals surface area contributed by atoms with Gasteiger partial charge in [-0.05, 0) is 30.4 Å². The third-order valence-corrected chi connectivity index (χ3v) is 2.34. The third-order valence-electron chi connectivity index (χ3n) is 2.34. The summed E-state index contributed by atoms with van der Waals surface area (Å²) in [6.07, 6.45) is 9.28. The van der Waals surface area contributed by atoms with Gasteiger partial charge in [-0.15, -0.1) is 0 Å². The molecule has 1 aromatic rings. The van der Waals surface area contributed by atoms with Crippen molar-refractivity contribution < 1.29 is 0 Å². The van der Waals surface area contributed by atoms with E-state index in [2.05, 4.69) is 50.3 Å². The van der Waals surface area contributed by atoms with E-state index in [0.29, 0.717) is 0 Å². The highest BCUT2D eigenvalue weighted by atomic mass is 14.0. The van der Waals surface area contributed by atoms with E-state index in [1.54, 1.807) is 0 Å². The third kappa shape index (κ3) is 3.78. The first-order valence-electron chi connectivity index (χ1n) is 5.62. The first kappa shape index (κ1) is 11.0. The van der Waals surface area contributed by atoms with Crippen LogP contribution in [0.2, 0.25) is 0 Å². The van der Waals surface area contributed by atoms with Crippen molar-refractivity contribution in [3.63, 3.8) is 0 Å². The molecule has 1 rings (SSSR count). The molecule has 0 heteroatoms. The van der Waals surface area contributed by atoms with Crippen LogP contribution < -0.4 is 0 Å². The fourth-order valence-electron chi connectivity index (χ4n) is 1.43. The lowest BCUT2D eigenvalue weighted by Gasteiger charge is -2.00. The predicted molar refractivity (Wildman–Crippen MR) is 64.4 cm³/mol. The number of rotatable bonds is 5. The molecule has 0 bridgehead atoms. The number of allylic oxidation sites excluding steroid dienone is 1. The molecule has 0 fully saturated rings. The van der Waals surface area contributed by atoms with Gasteiger partial charge in [-0.1, -0.05) is 56.7 Å². The Bertz CT molecular complexity index is 267. The van der Waals surface area contributed by atoms with Crippen molar-refractivity contribution in [2.45, 2.75) is 39.5 Å². The molecule has 0 radical (unpaired) electrons. The summed E-state index contributed by atoms with van der Waals surface area (Å²) in [5, 5.41) is 0. The molecule has 1 aromatic carbocycles. The Hall–Kier alpha value is -1.04. The molecule has 0 atom stereocenters. The van der Waals surface area contributed by atoms with Crippen LogP contribution in [0, 0.1) is 0 Å². The number of benzene rings is 1. The van der Waals surface area contributed by atoms with Crippen molar-refractivity contribution in [2.75, 3.05) is 0 Å². The second-order valence-electron chi connectivity index (χ2n) is 3.66. The number of hydrogen-bond donors (Lipinski definition) is 0. The Morgan fingerprint density at radius 3 is 2.36 bits per heavy atom. The summed E-state index contributed by atoms with van der Waals surface area (Å²) in [6, 6.07) is 8.89. The van der Waals surface area contributed by atoms with E-state index in [-0.39, 0.29) is 0 Å². The van der Waals surface area contributed by atoms with Gasteiger partial charge in [-0.25, -0.2) is 0 Å². The summed E-state index contributed by atoms with van der Waals surface area (Å²) in [5.74, 6) is 0. The highest BCUT2D eigenvalue weighted by molar-refractivity contribution is 5.49. The molecule has 0 spiro atoms. The highest BCUT2D eigenvalue weighted by Crippen LogP contribution is 2.09. The summed E-state index contributed by atoms with van der Waals surface area (Å²) in [4.78, 5) is 0. The van der Waals surface area contributed by atoms with Gasteiger partial charge in [0.2, 0.25) is 0 Å². The highest BCUT2D eigenvalue weighted by Gasteiger charge is 1.91. The molecule has 76 valence electrons. The zero-order valence-corrected chi connectivity index (χ0v) is 9.29.